The zero-order valence-electron chi connectivity index (χ0n) is 18.2. The molecule has 3 aromatic heterocycles. The molecule has 170 valence electrons. The van der Waals surface area contributed by atoms with Crippen molar-refractivity contribution >= 4 is 22.6 Å². The van der Waals surface area contributed by atoms with Crippen LogP contribution in [-0.4, -0.2) is 25.6 Å². The van der Waals surface area contributed by atoms with Crippen LogP contribution in [0.1, 0.15) is 42.3 Å². The predicted octanol–water partition coefficient (Wildman–Crippen LogP) is 5.01. The Morgan fingerprint density at radius 2 is 1.85 bits per heavy atom. The maximum atomic E-state index is 12.5. The van der Waals surface area contributed by atoms with Gasteiger partial charge < -0.3 is 19.2 Å². The molecule has 1 amide bonds. The largest absolute Gasteiger partial charge is 0.459 e. The van der Waals surface area contributed by atoms with Gasteiger partial charge in [0.25, 0.3) is 11.8 Å². The van der Waals surface area contributed by atoms with Crippen molar-refractivity contribution in [3.05, 3.63) is 77.1 Å². The molecule has 0 aliphatic heterocycles. The highest BCUT2D eigenvalue weighted by Crippen LogP contribution is 2.32. The first-order valence-corrected chi connectivity index (χ1v) is 11.2. The topological polar surface area (TPSA) is 119 Å². The van der Waals surface area contributed by atoms with Gasteiger partial charge in [0.2, 0.25) is 5.82 Å². The number of H-pyrrole nitrogens is 1. The second-order valence-electron chi connectivity index (χ2n) is 8.40. The van der Waals surface area contributed by atoms with Gasteiger partial charge in [-0.25, -0.2) is 4.79 Å². The molecular weight excluding hydrogens is 434 g/mol. The number of nitrogens with one attached hydrogen (secondary N) is 2. The lowest BCUT2D eigenvalue weighted by Gasteiger charge is -2.11. The van der Waals surface area contributed by atoms with Crippen LogP contribution >= 0.6 is 0 Å². The van der Waals surface area contributed by atoms with E-state index in [1.807, 2.05) is 22.8 Å². The van der Waals surface area contributed by atoms with Crippen molar-refractivity contribution in [1.29, 1.82) is 0 Å². The molecule has 1 fully saturated rings. The minimum atomic E-state index is -0.326. The lowest BCUT2D eigenvalue weighted by molar-refractivity contribution is 0.0996. The summed E-state index contributed by atoms with van der Waals surface area (Å²) in [5.41, 5.74) is 3.67. The first kappa shape index (κ1) is 20.2. The van der Waals surface area contributed by atoms with Crippen molar-refractivity contribution in [2.75, 3.05) is 5.32 Å². The molecule has 6 rings (SSSR count). The van der Waals surface area contributed by atoms with E-state index in [4.69, 9.17) is 8.94 Å². The first-order valence-electron chi connectivity index (χ1n) is 11.2. The van der Waals surface area contributed by atoms with E-state index in [1.54, 1.807) is 36.4 Å². The van der Waals surface area contributed by atoms with Crippen LogP contribution in [0.25, 0.3) is 33.9 Å². The van der Waals surface area contributed by atoms with Crippen LogP contribution in [-0.2, 0) is 0 Å². The van der Waals surface area contributed by atoms with Gasteiger partial charge in [-0.3, -0.25) is 9.36 Å². The van der Waals surface area contributed by atoms with E-state index in [1.165, 1.54) is 6.26 Å². The van der Waals surface area contributed by atoms with Crippen LogP contribution in [0.4, 0.5) is 5.69 Å². The number of aromatic amines is 1. The molecular formula is C25H21N5O4. The molecule has 1 aliphatic rings. The number of fused-ring (bicyclic) bond motifs is 1. The zero-order chi connectivity index (χ0) is 23.1. The fourth-order valence-corrected chi connectivity index (χ4v) is 4.55. The molecule has 0 radical (unpaired) electrons. The van der Waals surface area contributed by atoms with Gasteiger partial charge in [-0.2, -0.15) is 4.98 Å². The van der Waals surface area contributed by atoms with Gasteiger partial charge in [0.15, 0.2) is 5.76 Å². The number of anilines is 1. The summed E-state index contributed by atoms with van der Waals surface area (Å²) in [7, 11) is 0. The number of aromatic nitrogens is 4. The zero-order valence-corrected chi connectivity index (χ0v) is 18.2. The Balaban J connectivity index is 1.23. The predicted molar refractivity (Wildman–Crippen MR) is 125 cm³/mol. The third-order valence-electron chi connectivity index (χ3n) is 6.23. The molecule has 0 saturated heterocycles. The molecule has 0 atom stereocenters. The molecule has 1 aliphatic carbocycles. The summed E-state index contributed by atoms with van der Waals surface area (Å²) in [6, 6.07) is 16.3. The summed E-state index contributed by atoms with van der Waals surface area (Å²) >= 11 is 0. The quantitative estimate of drug-likeness (QED) is 0.385. The number of imidazole rings is 1. The summed E-state index contributed by atoms with van der Waals surface area (Å²) in [5.74, 6) is 0.702. The molecule has 1 saturated carbocycles. The standard InChI is InChI=1S/C25H21N5O4/c31-23(21-6-3-13-33-21)26-17-10-7-15(8-11-17)24-28-22(29-34-24)16-9-12-20-19(14-16)27-25(32)30(20)18-4-1-2-5-18/h3,6-14,18H,1-2,4-5H2,(H,26,31)(H,27,32). The van der Waals surface area contributed by atoms with E-state index in [-0.39, 0.29) is 23.4 Å². The summed E-state index contributed by atoms with van der Waals surface area (Å²) in [5, 5.41) is 6.88. The first-order chi connectivity index (χ1) is 16.7. The van der Waals surface area contributed by atoms with E-state index >= 15 is 0 Å². The molecule has 2 aromatic carbocycles. The fourth-order valence-electron chi connectivity index (χ4n) is 4.55. The summed E-state index contributed by atoms with van der Waals surface area (Å²) in [4.78, 5) is 32.1. The lowest BCUT2D eigenvalue weighted by atomic mass is 10.1. The summed E-state index contributed by atoms with van der Waals surface area (Å²) < 4.78 is 12.4. The van der Waals surface area contributed by atoms with Crippen molar-refractivity contribution in [3.8, 4) is 22.8 Å². The Labute approximate surface area is 193 Å². The number of furan rings is 1. The molecule has 0 spiro atoms. The van der Waals surface area contributed by atoms with Crippen LogP contribution in [0, 0.1) is 0 Å². The molecule has 9 heteroatoms. The van der Waals surface area contributed by atoms with Crippen molar-refractivity contribution in [1.82, 2.24) is 19.7 Å². The Bertz CT molecular complexity index is 1520. The van der Waals surface area contributed by atoms with Crippen LogP contribution in [0.3, 0.4) is 0 Å². The summed E-state index contributed by atoms with van der Waals surface area (Å²) in [6.45, 7) is 0. The number of carbonyl (C=O) groups is 1. The lowest BCUT2D eigenvalue weighted by Crippen LogP contribution is -2.20. The minimum Gasteiger partial charge on any atom is -0.459 e. The van der Waals surface area contributed by atoms with Crippen molar-refractivity contribution in [3.63, 3.8) is 0 Å². The van der Waals surface area contributed by atoms with E-state index in [0.29, 0.717) is 17.4 Å². The molecule has 9 nitrogen and oxygen atoms in total. The number of hydrogen-bond donors (Lipinski definition) is 2. The molecule has 34 heavy (non-hydrogen) atoms. The maximum absolute atomic E-state index is 12.5. The monoisotopic (exact) mass is 455 g/mol. The highest BCUT2D eigenvalue weighted by molar-refractivity contribution is 6.02. The van der Waals surface area contributed by atoms with Crippen LogP contribution in [0.2, 0.25) is 0 Å². The van der Waals surface area contributed by atoms with Crippen molar-refractivity contribution in [2.45, 2.75) is 31.7 Å². The molecule has 0 unspecified atom stereocenters. The number of amides is 1. The average molecular weight is 455 g/mol. The van der Waals surface area contributed by atoms with E-state index in [0.717, 1.165) is 47.8 Å². The molecule has 0 bridgehead atoms. The fraction of sp³-hybridized carbons (Fsp3) is 0.200. The van der Waals surface area contributed by atoms with Crippen molar-refractivity contribution < 1.29 is 13.7 Å². The maximum Gasteiger partial charge on any atom is 0.326 e. The Kier molecular flexibility index (Phi) is 4.87. The third kappa shape index (κ3) is 3.61. The number of rotatable bonds is 5. The second-order valence-corrected chi connectivity index (χ2v) is 8.40. The number of hydrogen-bond acceptors (Lipinski definition) is 6. The summed E-state index contributed by atoms with van der Waals surface area (Å²) in [6.07, 6.45) is 5.84. The van der Waals surface area contributed by atoms with Gasteiger partial charge in [0, 0.05) is 22.9 Å². The molecule has 3 heterocycles. The Hall–Kier alpha value is -4.40. The smallest absolute Gasteiger partial charge is 0.326 e. The Morgan fingerprint density at radius 1 is 1.06 bits per heavy atom. The normalized spacial score (nSPS) is 14.1. The van der Waals surface area contributed by atoms with Gasteiger partial charge in [-0.15, -0.1) is 0 Å². The molecule has 2 N–H and O–H groups in total. The van der Waals surface area contributed by atoms with Crippen molar-refractivity contribution in [2.24, 2.45) is 0 Å². The van der Waals surface area contributed by atoms with E-state index in [9.17, 15) is 9.59 Å². The SMILES string of the molecule is O=C(Nc1ccc(-c2nc(-c3ccc4c(c3)[nH]c(=O)n4C3CCCC3)no2)cc1)c1ccco1. The van der Waals surface area contributed by atoms with Crippen LogP contribution < -0.4 is 11.0 Å². The van der Waals surface area contributed by atoms with Gasteiger partial charge in [0.1, 0.15) is 0 Å². The highest BCUT2D eigenvalue weighted by atomic mass is 16.5. The van der Waals surface area contributed by atoms with Crippen LogP contribution in [0.5, 0.6) is 0 Å². The Morgan fingerprint density at radius 3 is 2.62 bits per heavy atom. The van der Waals surface area contributed by atoms with E-state index < -0.39 is 0 Å². The van der Waals surface area contributed by atoms with Gasteiger partial charge >= 0.3 is 5.69 Å². The third-order valence-corrected chi connectivity index (χ3v) is 6.23. The van der Waals surface area contributed by atoms with Gasteiger partial charge in [-0.1, -0.05) is 18.0 Å². The number of nitrogens with zero attached hydrogens (tertiary/aromatic N) is 3. The average Bonchev–Trinajstić information content (AvgIpc) is 3.65. The number of carbonyl (C=O) groups excluding carboxylic acids is 1. The van der Waals surface area contributed by atoms with Gasteiger partial charge in [-0.05, 0) is 67.4 Å². The van der Waals surface area contributed by atoms with Crippen LogP contribution in [0.15, 0.2) is 74.6 Å². The number of benzene rings is 2. The second kappa shape index (κ2) is 8.18. The van der Waals surface area contributed by atoms with Gasteiger partial charge in [0.05, 0.1) is 17.3 Å². The van der Waals surface area contributed by atoms with E-state index in [2.05, 4.69) is 20.4 Å². The molecule has 5 aromatic rings. The minimum absolute atomic E-state index is 0.0768. The highest BCUT2D eigenvalue weighted by Gasteiger charge is 2.21.